The van der Waals surface area contributed by atoms with Crippen LogP contribution in [0.1, 0.15) is 22.9 Å². The molecule has 4 nitrogen and oxygen atoms in total. The summed E-state index contributed by atoms with van der Waals surface area (Å²) in [6.07, 6.45) is 2.09. The van der Waals surface area contributed by atoms with Gasteiger partial charge in [-0.1, -0.05) is 60.1 Å². The van der Waals surface area contributed by atoms with Gasteiger partial charge in [-0.3, -0.25) is 9.69 Å². The van der Waals surface area contributed by atoms with Crippen LogP contribution >= 0.6 is 11.6 Å². The van der Waals surface area contributed by atoms with Gasteiger partial charge in [-0.05, 0) is 29.3 Å². The van der Waals surface area contributed by atoms with Crippen molar-refractivity contribution in [3.8, 4) is 0 Å². The second kappa shape index (κ2) is 7.99. The summed E-state index contributed by atoms with van der Waals surface area (Å²) in [6, 6.07) is 22.0. The van der Waals surface area contributed by atoms with E-state index in [-0.39, 0.29) is 11.9 Å². The van der Waals surface area contributed by atoms with Crippen molar-refractivity contribution in [2.45, 2.75) is 19.1 Å². The fourth-order valence-corrected chi connectivity index (χ4v) is 3.93. The van der Waals surface area contributed by atoms with Crippen molar-refractivity contribution in [1.82, 2.24) is 14.8 Å². The molecule has 1 atom stereocenters. The van der Waals surface area contributed by atoms with Crippen LogP contribution in [0.25, 0.3) is 0 Å². The van der Waals surface area contributed by atoms with Gasteiger partial charge in [0.1, 0.15) is 0 Å². The maximum absolute atomic E-state index is 12.6. The van der Waals surface area contributed by atoms with E-state index in [1.807, 2.05) is 54.6 Å². The lowest BCUT2D eigenvalue weighted by Crippen LogP contribution is -2.44. The van der Waals surface area contributed by atoms with Crippen molar-refractivity contribution in [3.05, 3.63) is 94.8 Å². The van der Waals surface area contributed by atoms with Gasteiger partial charge in [0.15, 0.2) is 0 Å². The van der Waals surface area contributed by atoms with Gasteiger partial charge in [-0.25, -0.2) is 0 Å². The third-order valence-electron chi connectivity index (χ3n) is 5.02. The Morgan fingerprint density at radius 1 is 1.00 bits per heavy atom. The Kier molecular flexibility index (Phi) is 5.28. The summed E-state index contributed by atoms with van der Waals surface area (Å²) in [5.74, 6) is 0.0240. The van der Waals surface area contributed by atoms with Crippen LogP contribution in [-0.4, -0.2) is 28.5 Å². The van der Waals surface area contributed by atoms with E-state index in [9.17, 15) is 4.79 Å². The number of nitrogens with zero attached hydrogens (tertiary/aromatic N) is 2. The highest BCUT2D eigenvalue weighted by Crippen LogP contribution is 2.35. The molecule has 1 N–H and O–H groups in total. The molecule has 1 amide bonds. The molecule has 0 aliphatic carbocycles. The third kappa shape index (κ3) is 3.92. The van der Waals surface area contributed by atoms with Gasteiger partial charge in [-0.15, -0.1) is 0 Å². The van der Waals surface area contributed by atoms with Crippen LogP contribution in [0.5, 0.6) is 0 Å². The molecule has 2 heterocycles. The Hall–Kier alpha value is -2.56. The van der Waals surface area contributed by atoms with E-state index in [1.54, 1.807) is 0 Å². The van der Waals surface area contributed by atoms with E-state index >= 15 is 0 Å². The standard InChI is InChI=1S/C22H22ClN3O/c23-19-10-5-4-9-18(19)22-20-11-6-12-25(20)13-14-26(22)16-21(27)24-15-17-7-2-1-3-8-17/h1-12,22H,13-16H2,(H,24,27). The second-order valence-corrected chi connectivity index (χ2v) is 7.19. The van der Waals surface area contributed by atoms with Gasteiger partial charge < -0.3 is 9.88 Å². The molecule has 4 rings (SSSR count). The lowest BCUT2D eigenvalue weighted by Gasteiger charge is -2.37. The molecule has 1 aromatic heterocycles. The highest BCUT2D eigenvalue weighted by Gasteiger charge is 2.31. The number of nitrogens with one attached hydrogen (secondary N) is 1. The first kappa shape index (κ1) is 17.8. The molecule has 0 fully saturated rings. The summed E-state index contributed by atoms with van der Waals surface area (Å²) in [5, 5.41) is 3.76. The van der Waals surface area contributed by atoms with Crippen LogP contribution in [0.15, 0.2) is 72.9 Å². The van der Waals surface area contributed by atoms with E-state index in [1.165, 1.54) is 5.69 Å². The van der Waals surface area contributed by atoms with Gasteiger partial charge in [0.05, 0.1) is 12.6 Å². The minimum atomic E-state index is -0.0232. The zero-order valence-electron chi connectivity index (χ0n) is 15.0. The normalized spacial score (nSPS) is 16.7. The minimum Gasteiger partial charge on any atom is -0.351 e. The van der Waals surface area contributed by atoms with Crippen LogP contribution in [0.2, 0.25) is 5.02 Å². The quantitative estimate of drug-likeness (QED) is 0.730. The summed E-state index contributed by atoms with van der Waals surface area (Å²) in [4.78, 5) is 14.8. The number of carbonyl (C=O) groups excluding carboxylic acids is 1. The molecule has 27 heavy (non-hydrogen) atoms. The topological polar surface area (TPSA) is 37.3 Å². The van der Waals surface area contributed by atoms with Gasteiger partial charge in [0, 0.05) is 36.5 Å². The lowest BCUT2D eigenvalue weighted by atomic mass is 10.00. The molecule has 0 radical (unpaired) electrons. The zero-order valence-corrected chi connectivity index (χ0v) is 15.8. The van der Waals surface area contributed by atoms with Crippen molar-refractivity contribution in [1.29, 1.82) is 0 Å². The molecule has 0 spiro atoms. The van der Waals surface area contributed by atoms with Crippen LogP contribution in [0.3, 0.4) is 0 Å². The molecule has 3 aromatic rings. The monoisotopic (exact) mass is 379 g/mol. The molecular weight excluding hydrogens is 358 g/mol. The summed E-state index contributed by atoms with van der Waals surface area (Å²) in [6.45, 7) is 2.56. The second-order valence-electron chi connectivity index (χ2n) is 6.78. The molecule has 5 heteroatoms. The van der Waals surface area contributed by atoms with E-state index in [0.29, 0.717) is 13.1 Å². The summed E-state index contributed by atoms with van der Waals surface area (Å²) in [5.41, 5.74) is 3.31. The number of rotatable bonds is 5. The van der Waals surface area contributed by atoms with E-state index in [2.05, 4.69) is 33.1 Å². The van der Waals surface area contributed by atoms with E-state index < -0.39 is 0 Å². The van der Waals surface area contributed by atoms with Crippen molar-refractivity contribution in [2.24, 2.45) is 0 Å². The van der Waals surface area contributed by atoms with Gasteiger partial charge in [0.2, 0.25) is 5.91 Å². The molecule has 0 bridgehead atoms. The van der Waals surface area contributed by atoms with Gasteiger partial charge in [0.25, 0.3) is 0 Å². The number of carbonyl (C=O) groups is 1. The summed E-state index contributed by atoms with van der Waals surface area (Å²) in [7, 11) is 0. The molecule has 1 aliphatic rings. The Bertz CT molecular complexity index is 922. The molecule has 2 aromatic carbocycles. The van der Waals surface area contributed by atoms with Gasteiger partial charge in [-0.2, -0.15) is 0 Å². The van der Waals surface area contributed by atoms with Crippen molar-refractivity contribution in [3.63, 3.8) is 0 Å². The lowest BCUT2D eigenvalue weighted by molar-refractivity contribution is -0.123. The van der Waals surface area contributed by atoms with Crippen molar-refractivity contribution >= 4 is 17.5 Å². The first-order valence-electron chi connectivity index (χ1n) is 9.16. The largest absolute Gasteiger partial charge is 0.351 e. The number of fused-ring (bicyclic) bond motifs is 1. The maximum Gasteiger partial charge on any atom is 0.234 e. The zero-order chi connectivity index (χ0) is 18.6. The number of hydrogen-bond donors (Lipinski definition) is 1. The Balaban J connectivity index is 1.52. The summed E-state index contributed by atoms with van der Waals surface area (Å²) >= 11 is 6.50. The predicted octanol–water partition coefficient (Wildman–Crippen LogP) is 3.86. The number of benzene rings is 2. The number of amides is 1. The van der Waals surface area contributed by atoms with Crippen LogP contribution in [-0.2, 0) is 17.9 Å². The highest BCUT2D eigenvalue weighted by molar-refractivity contribution is 6.31. The first-order valence-corrected chi connectivity index (χ1v) is 9.54. The van der Waals surface area contributed by atoms with E-state index in [4.69, 9.17) is 11.6 Å². The summed E-state index contributed by atoms with van der Waals surface area (Å²) < 4.78 is 2.24. The molecule has 138 valence electrons. The Morgan fingerprint density at radius 3 is 2.59 bits per heavy atom. The minimum absolute atomic E-state index is 0.0232. The number of hydrogen-bond acceptors (Lipinski definition) is 2. The maximum atomic E-state index is 12.6. The van der Waals surface area contributed by atoms with Gasteiger partial charge >= 0.3 is 0 Å². The fraction of sp³-hybridized carbons (Fsp3) is 0.227. The average molecular weight is 380 g/mol. The SMILES string of the molecule is O=C(CN1CCn2cccc2C1c1ccccc1Cl)NCc1ccccc1. The molecule has 1 unspecified atom stereocenters. The first-order chi connectivity index (χ1) is 13.2. The average Bonchev–Trinajstić information content (AvgIpc) is 3.17. The Morgan fingerprint density at radius 2 is 1.78 bits per heavy atom. The molecule has 0 saturated heterocycles. The molecule has 1 aliphatic heterocycles. The van der Waals surface area contributed by atoms with Crippen molar-refractivity contribution in [2.75, 3.05) is 13.1 Å². The molecular formula is C22H22ClN3O. The third-order valence-corrected chi connectivity index (χ3v) is 5.36. The predicted molar refractivity (Wildman–Crippen MR) is 108 cm³/mol. The Labute approximate surface area is 164 Å². The van der Waals surface area contributed by atoms with Crippen LogP contribution in [0, 0.1) is 0 Å². The van der Waals surface area contributed by atoms with Crippen LogP contribution < -0.4 is 5.32 Å². The van der Waals surface area contributed by atoms with Crippen LogP contribution in [0.4, 0.5) is 0 Å². The van der Waals surface area contributed by atoms with E-state index in [0.717, 1.165) is 29.2 Å². The smallest absolute Gasteiger partial charge is 0.234 e. The highest BCUT2D eigenvalue weighted by atomic mass is 35.5. The fourth-order valence-electron chi connectivity index (χ4n) is 3.69. The van der Waals surface area contributed by atoms with Crippen molar-refractivity contribution < 1.29 is 4.79 Å². The number of aromatic nitrogens is 1. The molecule has 0 saturated carbocycles. The number of halogens is 1.